The van der Waals surface area contributed by atoms with Gasteiger partial charge in [0, 0.05) is 19.0 Å². The molecule has 0 aromatic heterocycles. The van der Waals surface area contributed by atoms with Crippen LogP contribution in [0, 0.1) is 5.92 Å². The molecular formula is C12H24N2O. The zero-order chi connectivity index (χ0) is 11.3. The number of rotatable bonds is 4. The van der Waals surface area contributed by atoms with Crippen molar-refractivity contribution in [3.63, 3.8) is 0 Å². The van der Waals surface area contributed by atoms with Gasteiger partial charge in [0.05, 0.1) is 0 Å². The van der Waals surface area contributed by atoms with E-state index >= 15 is 0 Å². The van der Waals surface area contributed by atoms with Crippen LogP contribution in [0.1, 0.15) is 39.5 Å². The van der Waals surface area contributed by atoms with Gasteiger partial charge in [-0.15, -0.1) is 0 Å². The van der Waals surface area contributed by atoms with E-state index in [9.17, 15) is 4.79 Å². The third-order valence-electron chi connectivity index (χ3n) is 3.28. The maximum absolute atomic E-state index is 11.9. The molecule has 0 saturated carbocycles. The van der Waals surface area contributed by atoms with E-state index < -0.39 is 0 Å². The van der Waals surface area contributed by atoms with Gasteiger partial charge in [0.25, 0.3) is 0 Å². The molecule has 0 aliphatic carbocycles. The van der Waals surface area contributed by atoms with Crippen LogP contribution in [0.3, 0.4) is 0 Å². The van der Waals surface area contributed by atoms with Gasteiger partial charge in [0.1, 0.15) is 0 Å². The van der Waals surface area contributed by atoms with Crippen molar-refractivity contribution < 1.29 is 4.79 Å². The highest BCUT2D eigenvalue weighted by atomic mass is 16.2. The molecule has 3 nitrogen and oxygen atoms in total. The normalized spacial score (nSPS) is 26.7. The second-order valence-electron chi connectivity index (χ2n) is 4.77. The van der Waals surface area contributed by atoms with Gasteiger partial charge in [-0.05, 0) is 45.7 Å². The summed E-state index contributed by atoms with van der Waals surface area (Å²) in [6.45, 7) is 6.34. The Morgan fingerprint density at radius 2 is 2.20 bits per heavy atom. The SMILES string of the molecule is CNCCCC(=O)N1CCC(C)CC1C. The fourth-order valence-corrected chi connectivity index (χ4v) is 2.34. The number of nitrogens with one attached hydrogen (secondary N) is 1. The van der Waals surface area contributed by atoms with Crippen LogP contribution in [-0.4, -0.2) is 37.0 Å². The summed E-state index contributed by atoms with van der Waals surface area (Å²) in [7, 11) is 1.93. The van der Waals surface area contributed by atoms with E-state index in [2.05, 4.69) is 24.1 Å². The molecule has 1 N–H and O–H groups in total. The summed E-state index contributed by atoms with van der Waals surface area (Å²) in [4.78, 5) is 14.0. The topological polar surface area (TPSA) is 32.3 Å². The van der Waals surface area contributed by atoms with Crippen LogP contribution >= 0.6 is 0 Å². The third kappa shape index (κ3) is 3.82. The lowest BCUT2D eigenvalue weighted by atomic mass is 9.93. The van der Waals surface area contributed by atoms with Crippen LogP contribution in [0.2, 0.25) is 0 Å². The molecule has 88 valence electrons. The van der Waals surface area contributed by atoms with Crippen molar-refractivity contribution in [3.8, 4) is 0 Å². The summed E-state index contributed by atoms with van der Waals surface area (Å²) in [5.41, 5.74) is 0. The Kier molecular flexibility index (Phi) is 5.09. The van der Waals surface area contributed by atoms with Gasteiger partial charge >= 0.3 is 0 Å². The monoisotopic (exact) mass is 212 g/mol. The minimum absolute atomic E-state index is 0.338. The van der Waals surface area contributed by atoms with E-state index in [0.29, 0.717) is 18.4 Å². The van der Waals surface area contributed by atoms with Crippen LogP contribution in [0.5, 0.6) is 0 Å². The zero-order valence-corrected chi connectivity index (χ0v) is 10.3. The molecule has 3 heteroatoms. The van der Waals surface area contributed by atoms with E-state index in [1.807, 2.05) is 7.05 Å². The predicted octanol–water partition coefficient (Wildman–Crippen LogP) is 1.63. The van der Waals surface area contributed by atoms with Crippen LogP contribution in [0.15, 0.2) is 0 Å². The third-order valence-corrected chi connectivity index (χ3v) is 3.28. The summed E-state index contributed by atoms with van der Waals surface area (Å²) < 4.78 is 0. The molecule has 1 rings (SSSR count). The van der Waals surface area contributed by atoms with Gasteiger partial charge in [-0.2, -0.15) is 0 Å². The van der Waals surface area contributed by atoms with Crippen LogP contribution < -0.4 is 5.32 Å². The molecule has 0 radical (unpaired) electrons. The van der Waals surface area contributed by atoms with Crippen LogP contribution in [0.25, 0.3) is 0 Å². The fraction of sp³-hybridized carbons (Fsp3) is 0.917. The first-order valence-corrected chi connectivity index (χ1v) is 6.09. The second kappa shape index (κ2) is 6.11. The molecule has 1 fully saturated rings. The van der Waals surface area contributed by atoms with Crippen molar-refractivity contribution >= 4 is 5.91 Å². The summed E-state index contributed by atoms with van der Waals surface area (Å²) in [5.74, 6) is 1.12. The summed E-state index contributed by atoms with van der Waals surface area (Å²) in [5, 5.41) is 3.07. The molecule has 15 heavy (non-hydrogen) atoms. The lowest BCUT2D eigenvalue weighted by Crippen LogP contribution is -2.44. The summed E-state index contributed by atoms with van der Waals surface area (Å²) >= 11 is 0. The highest BCUT2D eigenvalue weighted by molar-refractivity contribution is 5.76. The minimum Gasteiger partial charge on any atom is -0.340 e. The van der Waals surface area contributed by atoms with E-state index in [1.54, 1.807) is 0 Å². The molecular weight excluding hydrogens is 188 g/mol. The Bertz CT molecular complexity index is 206. The quantitative estimate of drug-likeness (QED) is 0.718. The smallest absolute Gasteiger partial charge is 0.222 e. The molecule has 1 saturated heterocycles. The Balaban J connectivity index is 2.32. The van der Waals surface area contributed by atoms with Crippen molar-refractivity contribution in [1.29, 1.82) is 0 Å². The maximum Gasteiger partial charge on any atom is 0.222 e. The number of hydrogen-bond donors (Lipinski definition) is 1. The van der Waals surface area contributed by atoms with E-state index in [1.165, 1.54) is 6.42 Å². The molecule has 0 bridgehead atoms. The number of hydrogen-bond acceptors (Lipinski definition) is 2. The number of carbonyl (C=O) groups is 1. The first kappa shape index (κ1) is 12.5. The minimum atomic E-state index is 0.338. The zero-order valence-electron chi connectivity index (χ0n) is 10.3. The van der Waals surface area contributed by atoms with E-state index in [4.69, 9.17) is 0 Å². The molecule has 1 aliphatic rings. The standard InChI is InChI=1S/C12H24N2O/c1-10-6-8-14(11(2)9-10)12(15)5-4-7-13-3/h10-11,13H,4-9H2,1-3H3. The van der Waals surface area contributed by atoms with Crippen molar-refractivity contribution in [2.75, 3.05) is 20.1 Å². The van der Waals surface area contributed by atoms with Crippen LogP contribution in [-0.2, 0) is 4.79 Å². The average Bonchev–Trinajstić information content (AvgIpc) is 2.17. The van der Waals surface area contributed by atoms with Gasteiger partial charge in [0.2, 0.25) is 5.91 Å². The van der Waals surface area contributed by atoms with Gasteiger partial charge in [0.15, 0.2) is 0 Å². The molecule has 2 unspecified atom stereocenters. The fourth-order valence-electron chi connectivity index (χ4n) is 2.34. The van der Waals surface area contributed by atoms with Gasteiger partial charge < -0.3 is 10.2 Å². The molecule has 0 aromatic carbocycles. The maximum atomic E-state index is 11.9. The van der Waals surface area contributed by atoms with Crippen molar-refractivity contribution in [3.05, 3.63) is 0 Å². The lowest BCUT2D eigenvalue weighted by molar-refractivity contribution is -0.135. The Morgan fingerprint density at radius 3 is 2.80 bits per heavy atom. The number of carbonyl (C=O) groups excluding carboxylic acids is 1. The van der Waals surface area contributed by atoms with Crippen molar-refractivity contribution in [2.45, 2.75) is 45.6 Å². The second-order valence-corrected chi connectivity index (χ2v) is 4.77. The molecule has 1 amide bonds. The molecule has 2 atom stereocenters. The Hall–Kier alpha value is -0.570. The van der Waals surface area contributed by atoms with E-state index in [-0.39, 0.29) is 0 Å². The van der Waals surface area contributed by atoms with Crippen LogP contribution in [0.4, 0.5) is 0 Å². The predicted molar refractivity (Wildman–Crippen MR) is 62.7 cm³/mol. The Labute approximate surface area is 93.2 Å². The highest BCUT2D eigenvalue weighted by Gasteiger charge is 2.25. The first-order valence-electron chi connectivity index (χ1n) is 6.09. The molecule has 1 heterocycles. The lowest BCUT2D eigenvalue weighted by Gasteiger charge is -2.36. The van der Waals surface area contributed by atoms with E-state index in [0.717, 1.165) is 31.8 Å². The molecule has 0 spiro atoms. The number of piperidine rings is 1. The van der Waals surface area contributed by atoms with Gasteiger partial charge in [-0.25, -0.2) is 0 Å². The van der Waals surface area contributed by atoms with Gasteiger partial charge in [-0.1, -0.05) is 6.92 Å². The number of likely N-dealkylation sites (tertiary alicyclic amines) is 1. The summed E-state index contributed by atoms with van der Waals surface area (Å²) in [6.07, 6.45) is 3.98. The molecule has 1 aliphatic heterocycles. The number of amides is 1. The van der Waals surface area contributed by atoms with Crippen molar-refractivity contribution in [2.24, 2.45) is 5.92 Å². The van der Waals surface area contributed by atoms with Gasteiger partial charge in [-0.3, -0.25) is 4.79 Å². The highest BCUT2D eigenvalue weighted by Crippen LogP contribution is 2.22. The largest absolute Gasteiger partial charge is 0.340 e. The average molecular weight is 212 g/mol. The molecule has 0 aromatic rings. The summed E-state index contributed by atoms with van der Waals surface area (Å²) in [6, 6.07) is 0.441. The number of nitrogens with zero attached hydrogens (tertiary/aromatic N) is 1. The Morgan fingerprint density at radius 1 is 1.47 bits per heavy atom. The first-order chi connectivity index (χ1) is 7.15. The van der Waals surface area contributed by atoms with Crippen molar-refractivity contribution in [1.82, 2.24) is 10.2 Å².